The highest BCUT2D eigenvalue weighted by molar-refractivity contribution is 5.11. The smallest absolute Gasteiger partial charge is 0.0728 e. The summed E-state index contributed by atoms with van der Waals surface area (Å²) in [5.74, 6) is 0. The lowest BCUT2D eigenvalue weighted by atomic mass is 9.84. The van der Waals surface area contributed by atoms with Crippen LogP contribution in [0.3, 0.4) is 0 Å². The van der Waals surface area contributed by atoms with Crippen LogP contribution in [0.5, 0.6) is 0 Å². The van der Waals surface area contributed by atoms with Gasteiger partial charge in [-0.1, -0.05) is 13.8 Å². The highest BCUT2D eigenvalue weighted by Gasteiger charge is 2.52. The molecule has 17 heavy (non-hydrogen) atoms. The fourth-order valence-electron chi connectivity index (χ4n) is 2.20. The van der Waals surface area contributed by atoms with E-state index in [2.05, 4.69) is 25.9 Å². The van der Waals surface area contributed by atoms with Crippen molar-refractivity contribution in [1.82, 2.24) is 9.78 Å². The summed E-state index contributed by atoms with van der Waals surface area (Å²) in [6.07, 6.45) is 6.02. The average Bonchev–Trinajstić information content (AvgIpc) is 2.87. The molecule has 1 aromatic rings. The minimum Gasteiger partial charge on any atom is -0.389 e. The third-order valence-electron chi connectivity index (χ3n) is 4.53. The number of aromatic nitrogens is 2. The van der Waals surface area contributed by atoms with Crippen LogP contribution in [-0.4, -0.2) is 20.5 Å². The van der Waals surface area contributed by atoms with Gasteiger partial charge in [-0.2, -0.15) is 5.10 Å². The second-order valence-corrected chi connectivity index (χ2v) is 6.06. The zero-order chi connectivity index (χ0) is 12.7. The predicted octanol–water partition coefficient (Wildman–Crippen LogP) is 2.95. The second-order valence-electron chi connectivity index (χ2n) is 6.06. The summed E-state index contributed by atoms with van der Waals surface area (Å²) in [6.45, 7) is 8.44. The van der Waals surface area contributed by atoms with Gasteiger partial charge in [-0.25, -0.2) is 0 Å². The first-order valence-corrected chi connectivity index (χ1v) is 6.64. The van der Waals surface area contributed by atoms with Crippen molar-refractivity contribution in [2.24, 2.45) is 5.41 Å². The van der Waals surface area contributed by atoms with E-state index in [0.717, 1.165) is 25.0 Å². The van der Waals surface area contributed by atoms with Crippen molar-refractivity contribution in [3.05, 3.63) is 18.0 Å². The van der Waals surface area contributed by atoms with Gasteiger partial charge in [0.2, 0.25) is 0 Å². The summed E-state index contributed by atoms with van der Waals surface area (Å²) < 4.78 is 2.00. The van der Waals surface area contributed by atoms with E-state index in [9.17, 15) is 5.11 Å². The lowest BCUT2D eigenvalue weighted by Gasteiger charge is -2.29. The minimum atomic E-state index is -0.623. The molecule has 0 saturated heterocycles. The van der Waals surface area contributed by atoms with Crippen LogP contribution in [0.1, 0.15) is 58.7 Å². The van der Waals surface area contributed by atoms with Crippen molar-refractivity contribution < 1.29 is 5.11 Å². The first-order chi connectivity index (χ1) is 7.88. The number of hydrogen-bond acceptors (Lipinski definition) is 2. The molecule has 3 heteroatoms. The van der Waals surface area contributed by atoms with E-state index in [1.165, 1.54) is 0 Å². The molecule has 96 valence electrons. The monoisotopic (exact) mass is 236 g/mol. The lowest BCUT2D eigenvalue weighted by Crippen LogP contribution is -2.37. The summed E-state index contributed by atoms with van der Waals surface area (Å²) in [4.78, 5) is 0. The van der Waals surface area contributed by atoms with Crippen molar-refractivity contribution in [3.8, 4) is 0 Å². The molecule has 2 atom stereocenters. The average molecular weight is 236 g/mol. The van der Waals surface area contributed by atoms with E-state index in [1.807, 2.05) is 23.9 Å². The Morgan fingerprint density at radius 1 is 1.59 bits per heavy atom. The molecular formula is C14H24N2O. The number of aliphatic hydroxyl groups is 1. The summed E-state index contributed by atoms with van der Waals surface area (Å²) >= 11 is 0. The Kier molecular flexibility index (Phi) is 3.06. The SMILES string of the molecule is CCC(C)n1ccc(CC(C)(O)C2(C)CC2)n1. The fourth-order valence-corrected chi connectivity index (χ4v) is 2.20. The molecule has 0 amide bonds. The van der Waals surface area contributed by atoms with Crippen molar-refractivity contribution >= 4 is 0 Å². The first-order valence-electron chi connectivity index (χ1n) is 6.64. The van der Waals surface area contributed by atoms with E-state index in [4.69, 9.17) is 0 Å². The van der Waals surface area contributed by atoms with Gasteiger partial charge < -0.3 is 5.11 Å². The van der Waals surface area contributed by atoms with Gasteiger partial charge in [-0.05, 0) is 44.6 Å². The molecule has 0 spiro atoms. The molecule has 3 nitrogen and oxygen atoms in total. The first kappa shape index (κ1) is 12.6. The molecule has 0 bridgehead atoms. The van der Waals surface area contributed by atoms with E-state index in [1.54, 1.807) is 0 Å². The van der Waals surface area contributed by atoms with Crippen LogP contribution in [0, 0.1) is 5.41 Å². The highest BCUT2D eigenvalue weighted by Crippen LogP contribution is 2.54. The van der Waals surface area contributed by atoms with Gasteiger partial charge >= 0.3 is 0 Å². The Labute approximate surface area is 104 Å². The molecule has 1 aliphatic carbocycles. The normalized spacial score (nSPS) is 23.1. The summed E-state index contributed by atoms with van der Waals surface area (Å²) in [5, 5.41) is 15.1. The maximum absolute atomic E-state index is 10.5. The molecule has 1 aromatic heterocycles. The van der Waals surface area contributed by atoms with Crippen molar-refractivity contribution in [3.63, 3.8) is 0 Å². The minimum absolute atomic E-state index is 0.104. The van der Waals surface area contributed by atoms with Gasteiger partial charge in [0.25, 0.3) is 0 Å². The zero-order valence-corrected chi connectivity index (χ0v) is 11.4. The molecule has 0 aromatic carbocycles. The maximum atomic E-state index is 10.5. The fraction of sp³-hybridized carbons (Fsp3) is 0.786. The predicted molar refractivity (Wildman–Crippen MR) is 68.9 cm³/mol. The summed E-state index contributed by atoms with van der Waals surface area (Å²) in [6, 6.07) is 2.47. The Morgan fingerprint density at radius 2 is 2.24 bits per heavy atom. The molecular weight excluding hydrogens is 212 g/mol. The Hall–Kier alpha value is -0.830. The van der Waals surface area contributed by atoms with Gasteiger partial charge in [0.05, 0.1) is 11.3 Å². The van der Waals surface area contributed by atoms with E-state index in [-0.39, 0.29) is 5.41 Å². The summed E-state index contributed by atoms with van der Waals surface area (Å²) in [5.41, 5.74) is 0.484. The summed E-state index contributed by atoms with van der Waals surface area (Å²) in [7, 11) is 0. The molecule has 0 radical (unpaired) electrons. The Bertz CT molecular complexity index is 391. The molecule has 2 rings (SSSR count). The van der Waals surface area contributed by atoms with Gasteiger partial charge in [0, 0.05) is 18.7 Å². The van der Waals surface area contributed by atoms with Crippen molar-refractivity contribution in [2.45, 2.75) is 65.0 Å². The largest absolute Gasteiger partial charge is 0.389 e. The van der Waals surface area contributed by atoms with E-state index in [0.29, 0.717) is 12.5 Å². The second kappa shape index (κ2) is 4.13. The third kappa shape index (κ3) is 2.39. The van der Waals surface area contributed by atoms with Crippen LogP contribution < -0.4 is 0 Å². The van der Waals surface area contributed by atoms with E-state index < -0.39 is 5.60 Å². The molecule has 1 saturated carbocycles. The number of rotatable bonds is 5. The maximum Gasteiger partial charge on any atom is 0.0728 e. The quantitative estimate of drug-likeness (QED) is 0.853. The molecule has 1 heterocycles. The van der Waals surface area contributed by atoms with Crippen LogP contribution in [0.2, 0.25) is 0 Å². The van der Waals surface area contributed by atoms with Crippen molar-refractivity contribution in [1.29, 1.82) is 0 Å². The Morgan fingerprint density at radius 3 is 2.76 bits per heavy atom. The Balaban J connectivity index is 2.06. The van der Waals surface area contributed by atoms with Crippen LogP contribution >= 0.6 is 0 Å². The van der Waals surface area contributed by atoms with Crippen LogP contribution in [0.15, 0.2) is 12.3 Å². The standard InChI is InChI=1S/C14H24N2O/c1-5-11(2)16-9-6-12(15-16)10-14(4,17)13(3)7-8-13/h6,9,11,17H,5,7-8,10H2,1-4H3. The molecule has 0 aliphatic heterocycles. The number of nitrogens with zero attached hydrogens (tertiary/aromatic N) is 2. The van der Waals surface area contributed by atoms with Crippen LogP contribution in [0.25, 0.3) is 0 Å². The molecule has 1 N–H and O–H groups in total. The number of hydrogen-bond donors (Lipinski definition) is 1. The highest BCUT2D eigenvalue weighted by atomic mass is 16.3. The zero-order valence-electron chi connectivity index (χ0n) is 11.4. The van der Waals surface area contributed by atoms with Crippen LogP contribution in [-0.2, 0) is 6.42 Å². The van der Waals surface area contributed by atoms with Gasteiger partial charge in [0.15, 0.2) is 0 Å². The lowest BCUT2D eigenvalue weighted by molar-refractivity contribution is -0.00797. The van der Waals surface area contributed by atoms with E-state index >= 15 is 0 Å². The van der Waals surface area contributed by atoms with Gasteiger partial charge in [-0.15, -0.1) is 0 Å². The third-order valence-corrected chi connectivity index (χ3v) is 4.53. The molecule has 1 aliphatic rings. The van der Waals surface area contributed by atoms with Gasteiger partial charge in [-0.3, -0.25) is 4.68 Å². The van der Waals surface area contributed by atoms with Gasteiger partial charge in [0.1, 0.15) is 0 Å². The molecule has 1 fully saturated rings. The molecule has 2 unspecified atom stereocenters. The van der Waals surface area contributed by atoms with Crippen LogP contribution in [0.4, 0.5) is 0 Å². The van der Waals surface area contributed by atoms with Crippen molar-refractivity contribution in [2.75, 3.05) is 0 Å². The topological polar surface area (TPSA) is 38.0 Å².